The van der Waals surface area contributed by atoms with E-state index < -0.39 is 18.6 Å². The van der Waals surface area contributed by atoms with Crippen LogP contribution in [0.3, 0.4) is 0 Å². The zero-order chi connectivity index (χ0) is 8.58. The van der Waals surface area contributed by atoms with E-state index in [2.05, 4.69) is 0 Å². The van der Waals surface area contributed by atoms with E-state index in [9.17, 15) is 8.42 Å². The van der Waals surface area contributed by atoms with Crippen molar-refractivity contribution in [3.05, 3.63) is 0 Å². The molecular weight excluding hydrogens is 269 g/mol. The minimum atomic E-state index is -4.49. The van der Waals surface area contributed by atoms with Gasteiger partial charge in [-0.1, -0.05) is 46.4 Å². The Labute approximate surface area is 108 Å². The van der Waals surface area contributed by atoms with Crippen molar-refractivity contribution in [2.45, 2.75) is 8.50 Å². The fourth-order valence-corrected chi connectivity index (χ4v) is 1.52. The summed E-state index contributed by atoms with van der Waals surface area (Å²) in [4.78, 5) is 0. The van der Waals surface area contributed by atoms with Gasteiger partial charge in [0.15, 0.2) is 0 Å². The molecule has 1 atom stereocenters. The van der Waals surface area contributed by atoms with E-state index in [0.717, 1.165) is 0 Å². The first-order valence-electron chi connectivity index (χ1n) is 1.83. The summed E-state index contributed by atoms with van der Waals surface area (Å²) in [7, 11) is -4.49. The molecule has 0 heterocycles. The van der Waals surface area contributed by atoms with Crippen LogP contribution in [0.25, 0.3) is 0 Å². The van der Waals surface area contributed by atoms with Crippen molar-refractivity contribution in [1.82, 2.24) is 0 Å². The maximum absolute atomic E-state index is 10.1. The van der Waals surface area contributed by atoms with Crippen LogP contribution in [-0.4, -0.2) is 21.5 Å². The van der Waals surface area contributed by atoms with Gasteiger partial charge in [-0.05, 0) is 0 Å². The number of rotatable bonds is 1. The predicted octanol–water partition coefficient (Wildman–Crippen LogP) is -1.07. The van der Waals surface area contributed by atoms with E-state index in [1.165, 1.54) is 0 Å². The summed E-state index contributed by atoms with van der Waals surface area (Å²) in [5, 5.41) is 0. The molecule has 11 heavy (non-hydrogen) atoms. The van der Waals surface area contributed by atoms with Gasteiger partial charge >= 0.3 is 29.6 Å². The Kier molecular flexibility index (Phi) is 7.17. The van der Waals surface area contributed by atoms with E-state index in [1.807, 2.05) is 0 Å². The number of halogens is 4. The van der Waals surface area contributed by atoms with E-state index in [1.54, 1.807) is 0 Å². The molecule has 1 N–H and O–H groups in total. The van der Waals surface area contributed by atoms with Gasteiger partial charge in [-0.15, -0.1) is 0 Å². The Balaban J connectivity index is -0.000000405. The average molecular weight is 272 g/mol. The van der Waals surface area contributed by atoms with Crippen LogP contribution in [0, 0.1) is 0 Å². The Hall–Kier alpha value is 2.07. The Morgan fingerprint density at radius 2 is 1.64 bits per heavy atom. The molecule has 0 rings (SSSR count). The quantitative estimate of drug-likeness (QED) is 0.375. The monoisotopic (exact) mass is 270 g/mol. The van der Waals surface area contributed by atoms with Crippen LogP contribution in [-0.2, 0) is 10.1 Å². The third-order valence-corrected chi connectivity index (χ3v) is 3.78. The predicted molar refractivity (Wildman–Crippen MR) is 42.6 cm³/mol. The van der Waals surface area contributed by atoms with Crippen LogP contribution in [0.2, 0.25) is 0 Å². The van der Waals surface area contributed by atoms with Crippen LogP contribution in [0.5, 0.6) is 0 Å². The van der Waals surface area contributed by atoms with Gasteiger partial charge in [0, 0.05) is 0 Å². The summed E-state index contributed by atoms with van der Waals surface area (Å²) in [6.07, 6.45) is 0. The zero-order valence-electron chi connectivity index (χ0n) is 6.26. The van der Waals surface area contributed by atoms with Gasteiger partial charge in [0.1, 0.15) is 0 Å². The largest absolute Gasteiger partial charge is 1.00 e. The Bertz CT molecular complexity index is 213. The van der Waals surface area contributed by atoms with Crippen LogP contribution in [0.15, 0.2) is 0 Å². The molecule has 0 saturated heterocycles. The molecule has 0 aromatic heterocycles. The van der Waals surface area contributed by atoms with Crippen LogP contribution < -0.4 is 29.6 Å². The fourth-order valence-electron chi connectivity index (χ4n) is 0.169. The molecule has 0 spiro atoms. The van der Waals surface area contributed by atoms with Crippen molar-refractivity contribution in [3.8, 4) is 0 Å². The standard InChI is InChI=1S/C2H2Cl4O3S.Na.H/c3-1(2(4,5)6)10(7,8)9;;/h1H,(H,7,8,9);;/q;+1;-1. The molecule has 9 heteroatoms. The summed E-state index contributed by atoms with van der Waals surface area (Å²) < 4.78 is 24.4. The van der Waals surface area contributed by atoms with Gasteiger partial charge in [-0.2, -0.15) is 8.42 Å². The second kappa shape index (κ2) is 5.08. The second-order valence-electron chi connectivity index (χ2n) is 1.37. The van der Waals surface area contributed by atoms with Gasteiger partial charge in [0.05, 0.1) is 0 Å². The summed E-state index contributed by atoms with van der Waals surface area (Å²) in [5.74, 6) is 0. The maximum Gasteiger partial charge on any atom is 1.00 e. The first-order valence-corrected chi connectivity index (χ1v) is 4.90. The second-order valence-corrected chi connectivity index (χ2v) is 5.94. The average Bonchev–Trinajstić information content (AvgIpc) is 1.59. The molecule has 0 aliphatic carbocycles. The Morgan fingerprint density at radius 1 is 1.36 bits per heavy atom. The Morgan fingerprint density at radius 3 is 1.64 bits per heavy atom. The molecule has 0 amide bonds. The molecule has 0 aromatic rings. The van der Waals surface area contributed by atoms with Crippen molar-refractivity contribution >= 4 is 56.5 Å². The summed E-state index contributed by atoms with van der Waals surface area (Å²) in [6.45, 7) is 0. The minimum Gasteiger partial charge on any atom is -1.00 e. The SMILES string of the molecule is O=S(=O)(O)C(Cl)C(Cl)(Cl)Cl.[H-].[Na+]. The molecule has 0 aromatic carbocycles. The van der Waals surface area contributed by atoms with E-state index in [-0.39, 0.29) is 31.0 Å². The van der Waals surface area contributed by atoms with Gasteiger partial charge < -0.3 is 1.43 Å². The van der Waals surface area contributed by atoms with E-state index in [4.69, 9.17) is 51.0 Å². The van der Waals surface area contributed by atoms with Crippen molar-refractivity contribution in [3.63, 3.8) is 0 Å². The first-order chi connectivity index (χ1) is 4.15. The normalized spacial score (nSPS) is 15.4. The topological polar surface area (TPSA) is 54.4 Å². The molecule has 64 valence electrons. The van der Waals surface area contributed by atoms with Crippen LogP contribution in [0.1, 0.15) is 1.43 Å². The van der Waals surface area contributed by atoms with Crippen molar-refractivity contribution in [2.75, 3.05) is 0 Å². The third kappa shape index (κ3) is 6.18. The minimum absolute atomic E-state index is 0. The van der Waals surface area contributed by atoms with Crippen molar-refractivity contribution in [1.29, 1.82) is 0 Å². The fraction of sp³-hybridized carbons (Fsp3) is 1.00. The summed E-state index contributed by atoms with van der Waals surface area (Å²) in [6, 6.07) is 0. The molecule has 0 aliphatic rings. The number of alkyl halides is 4. The molecule has 0 bridgehead atoms. The maximum atomic E-state index is 10.1. The van der Waals surface area contributed by atoms with Crippen molar-refractivity contribution < 1.29 is 44.0 Å². The molecule has 0 radical (unpaired) electrons. The number of hydrogen-bond acceptors (Lipinski definition) is 2. The number of hydrogen-bond donors (Lipinski definition) is 1. The molecular formula is C2H3Cl4NaO3S. The van der Waals surface area contributed by atoms with Gasteiger partial charge in [-0.25, -0.2) is 0 Å². The summed E-state index contributed by atoms with van der Waals surface area (Å²) >= 11 is 20.1. The molecule has 0 saturated carbocycles. The first kappa shape index (κ1) is 15.5. The van der Waals surface area contributed by atoms with Gasteiger partial charge in [-0.3, -0.25) is 4.55 Å². The van der Waals surface area contributed by atoms with Gasteiger partial charge in [0.2, 0.25) is 8.50 Å². The van der Waals surface area contributed by atoms with Crippen LogP contribution >= 0.6 is 46.4 Å². The van der Waals surface area contributed by atoms with Crippen LogP contribution in [0.4, 0.5) is 0 Å². The zero-order valence-corrected chi connectivity index (χ0v) is 11.1. The third-order valence-electron chi connectivity index (χ3n) is 0.519. The van der Waals surface area contributed by atoms with Gasteiger partial charge in [0.25, 0.3) is 10.1 Å². The molecule has 0 aliphatic heterocycles. The van der Waals surface area contributed by atoms with Crippen molar-refractivity contribution in [2.24, 2.45) is 0 Å². The smallest absolute Gasteiger partial charge is 1.00 e. The summed E-state index contributed by atoms with van der Waals surface area (Å²) in [5.41, 5.74) is 0. The molecule has 3 nitrogen and oxygen atoms in total. The van der Waals surface area contributed by atoms with E-state index in [0.29, 0.717) is 0 Å². The molecule has 0 fully saturated rings. The molecule has 1 unspecified atom stereocenters. The van der Waals surface area contributed by atoms with E-state index >= 15 is 0 Å².